The van der Waals surface area contributed by atoms with Crippen molar-refractivity contribution in [2.24, 2.45) is 0 Å². The van der Waals surface area contributed by atoms with Crippen molar-refractivity contribution in [3.63, 3.8) is 0 Å². The Balaban J connectivity index is 0.943. The molecule has 0 spiro atoms. The predicted octanol–water partition coefficient (Wildman–Crippen LogP) is 18.5. The summed E-state index contributed by atoms with van der Waals surface area (Å²) in [5, 5.41) is 2.47. The first kappa shape index (κ1) is 39.9. The van der Waals surface area contributed by atoms with Gasteiger partial charge in [-0.2, -0.15) is 0 Å². The molecule has 1 fully saturated rings. The van der Waals surface area contributed by atoms with Crippen molar-refractivity contribution in [3.05, 3.63) is 236 Å². The maximum atomic E-state index is 10.4. The van der Waals surface area contributed by atoms with E-state index in [-0.39, 0.29) is 0 Å². The second-order valence-electron chi connectivity index (χ2n) is 19.6. The van der Waals surface area contributed by atoms with Gasteiger partial charge in [0, 0.05) is 34.5 Å². The highest BCUT2D eigenvalue weighted by Crippen LogP contribution is 2.52. The van der Waals surface area contributed by atoms with Crippen LogP contribution in [-0.4, -0.2) is 14.5 Å². The molecule has 0 radical (unpaired) electrons. The van der Waals surface area contributed by atoms with Crippen molar-refractivity contribution >= 4 is 21.8 Å². The lowest BCUT2D eigenvalue weighted by molar-refractivity contribution is 0.726. The summed E-state index contributed by atoms with van der Waals surface area (Å²) in [7, 11) is 0. The highest BCUT2D eigenvalue weighted by atomic mass is 15.0. The molecule has 10 aromatic carbocycles. The first-order chi connectivity index (χ1) is 36.1. The Morgan fingerprint density at radius 1 is 0.361 bits per heavy atom. The SMILES string of the molecule is [2H]C1(c2c(-c3ccc4c(c3)-c3ccccc3-c3ccccc3-c3ccccc3-4)cccc2-c2cnc3c(n2)-c2ccccc2-c2ccccc2-c2cc(-n4c5ccccc5c5ccccc54)ccc2-3)CCCC1. The zero-order valence-electron chi connectivity index (χ0n) is 40.6. The van der Waals surface area contributed by atoms with E-state index in [1.165, 1.54) is 66.3 Å². The molecule has 3 heteroatoms. The number of aromatic nitrogens is 3. The second kappa shape index (κ2) is 16.3. The first-order valence-electron chi connectivity index (χ1n) is 25.9. The lowest BCUT2D eigenvalue weighted by atomic mass is 9.79. The van der Waals surface area contributed by atoms with Gasteiger partial charge in [0.05, 0.1) is 34.3 Å². The van der Waals surface area contributed by atoms with E-state index < -0.39 is 5.89 Å². The highest BCUT2D eigenvalue weighted by Gasteiger charge is 2.30. The molecule has 72 heavy (non-hydrogen) atoms. The summed E-state index contributed by atoms with van der Waals surface area (Å²) in [6.45, 7) is 0. The van der Waals surface area contributed by atoms with Gasteiger partial charge in [0.15, 0.2) is 0 Å². The standard InChI is InChI=1S/C69H47N3/c1-2-19-43(18-1)67-46(44-36-38-56-51-24-6-5-22-49(51)47-20-3-4-21-48(47)50-23-7-9-27-54(50)62(56)40-44)32-17-33-61(67)64-42-70-68-60-39-37-45(72-65-34-15-13-29-57(65)58-30-14-16-35-66(58)72)41-63(60)55-28-10-8-25-52(55)53-26-11-12-31-59(53)69(68)71-64/h3-17,20-43H,1-2,18-19H2/i43D. The summed E-state index contributed by atoms with van der Waals surface area (Å²) in [6.07, 6.45) is 5.58. The second-order valence-corrected chi connectivity index (χ2v) is 19.6. The van der Waals surface area contributed by atoms with E-state index in [0.29, 0.717) is 0 Å². The van der Waals surface area contributed by atoms with Crippen LogP contribution >= 0.6 is 0 Å². The van der Waals surface area contributed by atoms with Crippen molar-refractivity contribution in [1.29, 1.82) is 0 Å². The van der Waals surface area contributed by atoms with E-state index in [2.05, 4.69) is 229 Å². The summed E-state index contributed by atoms with van der Waals surface area (Å²) in [5.74, 6) is -0.807. The van der Waals surface area contributed by atoms with Gasteiger partial charge in [0.1, 0.15) is 0 Å². The molecule has 0 aliphatic heterocycles. The van der Waals surface area contributed by atoms with E-state index in [0.717, 1.165) is 104 Å². The van der Waals surface area contributed by atoms with Crippen LogP contribution in [0.5, 0.6) is 0 Å². The smallest absolute Gasteiger partial charge is 0.0979 e. The van der Waals surface area contributed by atoms with E-state index in [4.69, 9.17) is 9.97 Å². The molecule has 0 saturated heterocycles. The maximum absolute atomic E-state index is 10.4. The summed E-state index contributed by atoms with van der Waals surface area (Å²) in [4.78, 5) is 11.3. The summed E-state index contributed by atoms with van der Waals surface area (Å²) >= 11 is 0. The van der Waals surface area contributed by atoms with Gasteiger partial charge < -0.3 is 4.57 Å². The third-order valence-corrected chi connectivity index (χ3v) is 15.7. The van der Waals surface area contributed by atoms with Crippen molar-refractivity contribution in [2.45, 2.75) is 31.6 Å². The van der Waals surface area contributed by atoms with Crippen LogP contribution < -0.4 is 0 Å². The highest BCUT2D eigenvalue weighted by molar-refractivity contribution is 6.10. The number of benzene rings is 10. The number of hydrogen-bond acceptors (Lipinski definition) is 2. The molecule has 3 aliphatic rings. The average molecular weight is 919 g/mol. The lowest BCUT2D eigenvalue weighted by Crippen LogP contribution is -2.05. The Bertz CT molecular complexity index is 4190. The van der Waals surface area contributed by atoms with Crippen LogP contribution in [0.4, 0.5) is 0 Å². The molecular weight excluding hydrogens is 871 g/mol. The molecule has 2 aromatic heterocycles. The topological polar surface area (TPSA) is 30.7 Å². The minimum Gasteiger partial charge on any atom is -0.309 e. The fraction of sp³-hybridized carbons (Fsp3) is 0.0725. The van der Waals surface area contributed by atoms with Crippen LogP contribution in [0.15, 0.2) is 231 Å². The molecule has 1 saturated carbocycles. The zero-order valence-corrected chi connectivity index (χ0v) is 39.6. The van der Waals surface area contributed by atoms with Gasteiger partial charge in [0.25, 0.3) is 0 Å². The fourth-order valence-electron chi connectivity index (χ4n) is 12.5. The minimum atomic E-state index is -0.807. The molecule has 3 nitrogen and oxygen atoms in total. The molecule has 0 N–H and O–H groups in total. The Morgan fingerprint density at radius 3 is 1.35 bits per heavy atom. The van der Waals surface area contributed by atoms with Gasteiger partial charge >= 0.3 is 0 Å². The molecule has 0 amide bonds. The molecular formula is C69H47N3. The van der Waals surface area contributed by atoms with Crippen molar-refractivity contribution in [3.8, 4) is 117 Å². The predicted molar refractivity (Wildman–Crippen MR) is 299 cm³/mol. The van der Waals surface area contributed by atoms with Crippen molar-refractivity contribution in [2.75, 3.05) is 0 Å². The molecule has 338 valence electrons. The summed E-state index contributed by atoms with van der Waals surface area (Å²) in [5.41, 5.74) is 26.4. The van der Waals surface area contributed by atoms with E-state index >= 15 is 0 Å². The van der Waals surface area contributed by atoms with Crippen LogP contribution in [0.3, 0.4) is 0 Å². The maximum Gasteiger partial charge on any atom is 0.0979 e. The quantitative estimate of drug-likeness (QED) is 0.176. The van der Waals surface area contributed by atoms with Crippen LogP contribution in [0.2, 0.25) is 0 Å². The molecule has 3 aliphatic carbocycles. The lowest BCUT2D eigenvalue weighted by Gasteiger charge is -2.25. The number of rotatable bonds is 4. The van der Waals surface area contributed by atoms with E-state index in [1.54, 1.807) is 0 Å². The van der Waals surface area contributed by atoms with Crippen molar-refractivity contribution < 1.29 is 1.37 Å². The van der Waals surface area contributed by atoms with E-state index in [9.17, 15) is 1.37 Å². The fourth-order valence-corrected chi connectivity index (χ4v) is 12.5. The normalized spacial score (nSPS) is 13.9. The van der Waals surface area contributed by atoms with Gasteiger partial charge in [-0.05, 0) is 133 Å². The molecule has 2 heterocycles. The summed E-state index contributed by atoms with van der Waals surface area (Å²) < 4.78 is 12.8. The molecule has 12 aromatic rings. The van der Waals surface area contributed by atoms with Crippen LogP contribution in [0.1, 0.15) is 38.5 Å². The van der Waals surface area contributed by atoms with Gasteiger partial charge in [0.2, 0.25) is 0 Å². The van der Waals surface area contributed by atoms with Gasteiger partial charge in [-0.3, -0.25) is 4.98 Å². The number of hydrogen-bond donors (Lipinski definition) is 0. The average Bonchev–Trinajstić information content (AvgIpc) is 4.06. The van der Waals surface area contributed by atoms with Gasteiger partial charge in [-0.15, -0.1) is 0 Å². The Labute approximate surface area is 420 Å². The van der Waals surface area contributed by atoms with Gasteiger partial charge in [-0.1, -0.05) is 207 Å². The number of fused-ring (bicyclic) bond motifs is 19. The third-order valence-electron chi connectivity index (χ3n) is 15.7. The van der Waals surface area contributed by atoms with Crippen LogP contribution in [0.25, 0.3) is 139 Å². The molecule has 15 rings (SSSR count). The number of nitrogens with zero attached hydrogens (tertiary/aromatic N) is 3. The van der Waals surface area contributed by atoms with E-state index in [1.807, 2.05) is 6.20 Å². The summed E-state index contributed by atoms with van der Waals surface area (Å²) in [6, 6.07) is 81.8. The first-order valence-corrected chi connectivity index (χ1v) is 25.4. The van der Waals surface area contributed by atoms with Crippen molar-refractivity contribution in [1.82, 2.24) is 14.5 Å². The van der Waals surface area contributed by atoms with Gasteiger partial charge in [-0.25, -0.2) is 4.98 Å². The third kappa shape index (κ3) is 6.23. The Hall–Kier alpha value is -8.92. The van der Waals surface area contributed by atoms with Crippen LogP contribution in [0, 0.1) is 0 Å². The molecule has 0 atom stereocenters. The molecule has 0 bridgehead atoms. The van der Waals surface area contributed by atoms with Crippen LogP contribution in [-0.2, 0) is 0 Å². The monoisotopic (exact) mass is 918 g/mol. The largest absolute Gasteiger partial charge is 0.309 e. The number of para-hydroxylation sites is 2. The Kier molecular flexibility index (Phi) is 9.05. The molecule has 0 unspecified atom stereocenters. The zero-order chi connectivity index (χ0) is 48.2. The minimum absolute atomic E-state index is 0.781. The Morgan fingerprint density at radius 2 is 0.778 bits per heavy atom.